The lowest BCUT2D eigenvalue weighted by Crippen LogP contribution is -2.36. The molecule has 100 valence electrons. The van der Waals surface area contributed by atoms with Crippen molar-refractivity contribution in [2.24, 2.45) is 5.92 Å². The molecule has 0 saturated heterocycles. The van der Waals surface area contributed by atoms with Gasteiger partial charge in [-0.15, -0.1) is 0 Å². The third-order valence-corrected chi connectivity index (χ3v) is 3.56. The van der Waals surface area contributed by atoms with Crippen molar-refractivity contribution >= 4 is 27.5 Å². The maximum Gasteiger partial charge on any atom is 0.239 e. The third kappa shape index (κ3) is 4.69. The van der Waals surface area contributed by atoms with Crippen molar-refractivity contribution in [2.75, 3.05) is 25.0 Å². The highest BCUT2D eigenvalue weighted by Gasteiger charge is 2.08. The lowest BCUT2D eigenvalue weighted by Gasteiger charge is -2.20. The number of aryl methyl sites for hydroxylation is 1. The number of halogens is 1. The summed E-state index contributed by atoms with van der Waals surface area (Å²) in [7, 11) is 1.93. The SMILES string of the molecule is Cc1cc(N(C)CC(=O)NCC(C)C)ccc1Br. The van der Waals surface area contributed by atoms with Gasteiger partial charge < -0.3 is 10.2 Å². The molecule has 0 aliphatic carbocycles. The summed E-state index contributed by atoms with van der Waals surface area (Å²) in [5.41, 5.74) is 2.22. The van der Waals surface area contributed by atoms with Crippen LogP contribution < -0.4 is 10.2 Å². The summed E-state index contributed by atoms with van der Waals surface area (Å²) >= 11 is 3.47. The van der Waals surface area contributed by atoms with Crippen LogP contribution in [0.1, 0.15) is 19.4 Å². The molecule has 0 radical (unpaired) electrons. The van der Waals surface area contributed by atoms with Gasteiger partial charge in [0.1, 0.15) is 0 Å². The number of amides is 1. The molecule has 0 bridgehead atoms. The number of benzene rings is 1. The van der Waals surface area contributed by atoms with Crippen LogP contribution in [0.25, 0.3) is 0 Å². The van der Waals surface area contributed by atoms with Gasteiger partial charge in [0.2, 0.25) is 5.91 Å². The molecular formula is C14H21BrN2O. The van der Waals surface area contributed by atoms with E-state index in [4.69, 9.17) is 0 Å². The molecule has 0 unspecified atom stereocenters. The Hall–Kier alpha value is -1.03. The van der Waals surface area contributed by atoms with Crippen molar-refractivity contribution in [1.82, 2.24) is 5.32 Å². The summed E-state index contributed by atoms with van der Waals surface area (Å²) in [5.74, 6) is 0.543. The first kappa shape index (κ1) is 15.0. The molecule has 0 saturated carbocycles. The van der Waals surface area contributed by atoms with Gasteiger partial charge in [0.25, 0.3) is 0 Å². The smallest absolute Gasteiger partial charge is 0.239 e. The third-order valence-electron chi connectivity index (χ3n) is 2.67. The fourth-order valence-corrected chi connectivity index (χ4v) is 1.79. The van der Waals surface area contributed by atoms with Crippen LogP contribution in [0.2, 0.25) is 0 Å². The highest BCUT2D eigenvalue weighted by molar-refractivity contribution is 9.10. The van der Waals surface area contributed by atoms with Crippen molar-refractivity contribution in [3.8, 4) is 0 Å². The Labute approximate surface area is 118 Å². The van der Waals surface area contributed by atoms with Crippen LogP contribution in [-0.4, -0.2) is 26.0 Å². The molecule has 0 atom stereocenters. The molecule has 1 rings (SSSR count). The van der Waals surface area contributed by atoms with E-state index in [1.54, 1.807) is 0 Å². The fraction of sp³-hybridized carbons (Fsp3) is 0.500. The van der Waals surface area contributed by atoms with E-state index in [0.29, 0.717) is 12.5 Å². The fourth-order valence-electron chi connectivity index (χ4n) is 1.55. The molecule has 3 nitrogen and oxygen atoms in total. The molecule has 1 amide bonds. The molecule has 1 aromatic rings. The first-order valence-corrected chi connectivity index (χ1v) is 6.93. The summed E-state index contributed by atoms with van der Waals surface area (Å²) in [6, 6.07) is 6.08. The van der Waals surface area contributed by atoms with Crippen LogP contribution >= 0.6 is 15.9 Å². The molecule has 0 spiro atoms. The number of nitrogens with one attached hydrogen (secondary N) is 1. The Kier molecular flexibility index (Phi) is 5.66. The van der Waals surface area contributed by atoms with E-state index in [-0.39, 0.29) is 5.91 Å². The Morgan fingerprint density at radius 3 is 2.67 bits per heavy atom. The average Bonchev–Trinajstić information content (AvgIpc) is 2.30. The topological polar surface area (TPSA) is 32.3 Å². The number of nitrogens with zero attached hydrogens (tertiary/aromatic N) is 1. The minimum absolute atomic E-state index is 0.0618. The zero-order chi connectivity index (χ0) is 13.7. The molecule has 18 heavy (non-hydrogen) atoms. The molecule has 4 heteroatoms. The maximum absolute atomic E-state index is 11.7. The largest absolute Gasteiger partial charge is 0.365 e. The Morgan fingerprint density at radius 2 is 2.11 bits per heavy atom. The standard InChI is InChI=1S/C14H21BrN2O/c1-10(2)8-16-14(18)9-17(4)12-5-6-13(15)11(3)7-12/h5-7,10H,8-9H2,1-4H3,(H,16,18). The molecule has 1 N–H and O–H groups in total. The Morgan fingerprint density at radius 1 is 1.44 bits per heavy atom. The lowest BCUT2D eigenvalue weighted by atomic mass is 10.2. The van der Waals surface area contributed by atoms with Crippen LogP contribution in [0, 0.1) is 12.8 Å². The second kappa shape index (κ2) is 6.78. The zero-order valence-corrected chi connectivity index (χ0v) is 13.0. The van der Waals surface area contributed by atoms with Crippen molar-refractivity contribution < 1.29 is 4.79 Å². The van der Waals surface area contributed by atoms with Crippen LogP contribution in [0.15, 0.2) is 22.7 Å². The Balaban J connectivity index is 2.56. The van der Waals surface area contributed by atoms with Gasteiger partial charge >= 0.3 is 0 Å². The molecule has 1 aromatic carbocycles. The van der Waals surface area contributed by atoms with Crippen molar-refractivity contribution in [2.45, 2.75) is 20.8 Å². The summed E-state index contributed by atoms with van der Waals surface area (Å²) in [6.07, 6.45) is 0. The van der Waals surface area contributed by atoms with Crippen LogP contribution in [0.3, 0.4) is 0 Å². The summed E-state index contributed by atoms with van der Waals surface area (Å²) in [6.45, 7) is 7.32. The van der Waals surface area contributed by atoms with Gasteiger partial charge in [-0.3, -0.25) is 4.79 Å². The van der Waals surface area contributed by atoms with E-state index < -0.39 is 0 Å². The van der Waals surface area contributed by atoms with Crippen molar-refractivity contribution in [1.29, 1.82) is 0 Å². The van der Waals surface area contributed by atoms with E-state index in [9.17, 15) is 4.79 Å². The van der Waals surface area contributed by atoms with Gasteiger partial charge in [-0.05, 0) is 36.6 Å². The first-order chi connectivity index (χ1) is 8.40. The van der Waals surface area contributed by atoms with Gasteiger partial charge in [-0.2, -0.15) is 0 Å². The predicted octanol–water partition coefficient (Wildman–Crippen LogP) is 2.97. The summed E-state index contributed by atoms with van der Waals surface area (Å²) < 4.78 is 1.09. The molecule has 0 heterocycles. The minimum Gasteiger partial charge on any atom is -0.365 e. The molecule has 0 aliphatic heterocycles. The van der Waals surface area contributed by atoms with E-state index in [2.05, 4.69) is 41.2 Å². The quantitative estimate of drug-likeness (QED) is 0.906. The monoisotopic (exact) mass is 312 g/mol. The normalized spacial score (nSPS) is 10.6. The highest BCUT2D eigenvalue weighted by atomic mass is 79.9. The number of rotatable bonds is 5. The molecular weight excluding hydrogens is 292 g/mol. The van der Waals surface area contributed by atoms with Crippen LogP contribution in [0.4, 0.5) is 5.69 Å². The van der Waals surface area contributed by atoms with Gasteiger partial charge in [-0.1, -0.05) is 29.8 Å². The highest BCUT2D eigenvalue weighted by Crippen LogP contribution is 2.21. The average molecular weight is 313 g/mol. The van der Waals surface area contributed by atoms with Gasteiger partial charge in [0.05, 0.1) is 6.54 Å². The number of likely N-dealkylation sites (N-methyl/N-ethyl adjacent to an activating group) is 1. The Bertz CT molecular complexity index is 418. The zero-order valence-electron chi connectivity index (χ0n) is 11.5. The minimum atomic E-state index is 0.0618. The van der Waals surface area contributed by atoms with Crippen LogP contribution in [-0.2, 0) is 4.79 Å². The number of carbonyl (C=O) groups excluding carboxylic acids is 1. The van der Waals surface area contributed by atoms with E-state index in [1.165, 1.54) is 5.56 Å². The first-order valence-electron chi connectivity index (χ1n) is 6.14. The van der Waals surface area contributed by atoms with Crippen molar-refractivity contribution in [3.63, 3.8) is 0 Å². The molecule has 0 aliphatic rings. The van der Waals surface area contributed by atoms with E-state index in [0.717, 1.165) is 16.7 Å². The second-order valence-corrected chi connectivity index (χ2v) is 5.84. The maximum atomic E-state index is 11.7. The number of anilines is 1. The van der Waals surface area contributed by atoms with Gasteiger partial charge in [0.15, 0.2) is 0 Å². The number of carbonyl (C=O) groups is 1. The molecule has 0 fully saturated rings. The summed E-state index contributed by atoms with van der Waals surface area (Å²) in [4.78, 5) is 13.7. The lowest BCUT2D eigenvalue weighted by molar-refractivity contribution is -0.119. The van der Waals surface area contributed by atoms with Gasteiger partial charge in [0, 0.05) is 23.8 Å². The van der Waals surface area contributed by atoms with E-state index in [1.807, 2.05) is 31.0 Å². The van der Waals surface area contributed by atoms with Gasteiger partial charge in [-0.25, -0.2) is 0 Å². The number of hydrogen-bond acceptors (Lipinski definition) is 2. The second-order valence-electron chi connectivity index (χ2n) is 4.99. The number of hydrogen-bond donors (Lipinski definition) is 1. The van der Waals surface area contributed by atoms with E-state index >= 15 is 0 Å². The van der Waals surface area contributed by atoms with Crippen molar-refractivity contribution in [3.05, 3.63) is 28.2 Å². The predicted molar refractivity (Wildman–Crippen MR) is 80.0 cm³/mol. The van der Waals surface area contributed by atoms with Crippen LogP contribution in [0.5, 0.6) is 0 Å². The molecule has 0 aromatic heterocycles. The summed E-state index contributed by atoms with van der Waals surface area (Å²) in [5, 5.41) is 2.92.